The largest absolute Gasteiger partial charge is 0.330 e. The van der Waals surface area contributed by atoms with Crippen LogP contribution in [0.15, 0.2) is 9.59 Å². The van der Waals surface area contributed by atoms with Gasteiger partial charge in [-0.25, -0.2) is 4.79 Å². The Hall–Kier alpha value is -1.36. The van der Waals surface area contributed by atoms with Crippen molar-refractivity contribution in [1.82, 2.24) is 14.5 Å². The standard InChI is InChI=1S/C9H13N3O2/c1-11-7-3-4-10-5-6(7)8(13)12(2)9(11)14/h10H,3-5H2,1-2H3. The Morgan fingerprint density at radius 2 is 1.93 bits per heavy atom. The molecule has 1 aliphatic heterocycles. The molecule has 2 rings (SSSR count). The monoisotopic (exact) mass is 195 g/mol. The van der Waals surface area contributed by atoms with E-state index >= 15 is 0 Å². The third kappa shape index (κ3) is 1.13. The second-order valence-corrected chi connectivity index (χ2v) is 3.56. The molecule has 1 aliphatic rings. The maximum Gasteiger partial charge on any atom is 0.330 e. The summed E-state index contributed by atoms with van der Waals surface area (Å²) in [6.45, 7) is 1.39. The highest BCUT2D eigenvalue weighted by Gasteiger charge is 2.17. The third-order valence-electron chi connectivity index (χ3n) is 2.73. The third-order valence-corrected chi connectivity index (χ3v) is 2.73. The number of rotatable bonds is 0. The van der Waals surface area contributed by atoms with E-state index in [0.717, 1.165) is 28.8 Å². The van der Waals surface area contributed by atoms with Gasteiger partial charge < -0.3 is 9.88 Å². The fourth-order valence-corrected chi connectivity index (χ4v) is 1.87. The maximum atomic E-state index is 11.7. The zero-order valence-corrected chi connectivity index (χ0v) is 8.33. The summed E-state index contributed by atoms with van der Waals surface area (Å²) in [6.07, 6.45) is 0.747. The Kier molecular flexibility index (Phi) is 2.03. The van der Waals surface area contributed by atoms with Crippen LogP contribution in [-0.4, -0.2) is 15.7 Å². The van der Waals surface area contributed by atoms with Crippen molar-refractivity contribution in [1.29, 1.82) is 0 Å². The van der Waals surface area contributed by atoms with Gasteiger partial charge in [0.2, 0.25) is 0 Å². The molecule has 0 radical (unpaired) electrons. The van der Waals surface area contributed by atoms with Crippen molar-refractivity contribution in [3.8, 4) is 0 Å². The molecule has 76 valence electrons. The smallest absolute Gasteiger partial charge is 0.312 e. The molecule has 5 heteroatoms. The van der Waals surface area contributed by atoms with E-state index < -0.39 is 0 Å². The van der Waals surface area contributed by atoms with Gasteiger partial charge in [-0.15, -0.1) is 0 Å². The molecule has 0 atom stereocenters. The molecule has 0 unspecified atom stereocenters. The zero-order chi connectivity index (χ0) is 10.3. The van der Waals surface area contributed by atoms with Crippen molar-refractivity contribution in [3.63, 3.8) is 0 Å². The number of aromatic nitrogens is 2. The zero-order valence-electron chi connectivity index (χ0n) is 8.33. The second-order valence-electron chi connectivity index (χ2n) is 3.56. The molecule has 1 aromatic rings. The van der Waals surface area contributed by atoms with Gasteiger partial charge in [0.15, 0.2) is 0 Å². The molecule has 0 saturated carbocycles. The summed E-state index contributed by atoms with van der Waals surface area (Å²) < 4.78 is 2.73. The van der Waals surface area contributed by atoms with Crippen LogP contribution in [0.3, 0.4) is 0 Å². The van der Waals surface area contributed by atoms with Gasteiger partial charge in [-0.2, -0.15) is 0 Å². The van der Waals surface area contributed by atoms with Gasteiger partial charge in [-0.05, 0) is 0 Å². The van der Waals surface area contributed by atoms with Crippen LogP contribution in [0.1, 0.15) is 11.3 Å². The molecule has 1 N–H and O–H groups in total. The van der Waals surface area contributed by atoms with E-state index in [4.69, 9.17) is 0 Å². The molecule has 0 saturated heterocycles. The lowest BCUT2D eigenvalue weighted by molar-refractivity contribution is 0.553. The fraction of sp³-hybridized carbons (Fsp3) is 0.556. The lowest BCUT2D eigenvalue weighted by Gasteiger charge is -2.19. The minimum absolute atomic E-state index is 0.171. The molecule has 0 aliphatic carbocycles. The average Bonchev–Trinajstić information content (AvgIpc) is 2.23. The van der Waals surface area contributed by atoms with Gasteiger partial charge in [-0.3, -0.25) is 9.36 Å². The summed E-state index contributed by atoms with van der Waals surface area (Å²) >= 11 is 0. The second kappa shape index (κ2) is 3.09. The number of nitrogens with one attached hydrogen (secondary N) is 1. The van der Waals surface area contributed by atoms with Gasteiger partial charge in [0.25, 0.3) is 5.56 Å². The van der Waals surface area contributed by atoms with E-state index in [1.807, 2.05) is 0 Å². The van der Waals surface area contributed by atoms with E-state index in [-0.39, 0.29) is 11.2 Å². The molecule has 0 aromatic carbocycles. The molecule has 5 nitrogen and oxygen atoms in total. The van der Waals surface area contributed by atoms with Crippen molar-refractivity contribution >= 4 is 0 Å². The molecular formula is C9H13N3O2. The first-order chi connectivity index (χ1) is 6.63. The van der Waals surface area contributed by atoms with Crippen molar-refractivity contribution < 1.29 is 0 Å². The molecule has 0 bridgehead atoms. The van der Waals surface area contributed by atoms with E-state index in [1.165, 1.54) is 7.05 Å². The summed E-state index contributed by atoms with van der Waals surface area (Å²) in [4.78, 5) is 23.3. The first-order valence-electron chi connectivity index (χ1n) is 4.61. The molecule has 0 fully saturated rings. The average molecular weight is 195 g/mol. The number of hydrogen-bond acceptors (Lipinski definition) is 3. The van der Waals surface area contributed by atoms with Crippen LogP contribution >= 0.6 is 0 Å². The summed E-state index contributed by atoms with van der Waals surface area (Å²) in [5.74, 6) is 0. The van der Waals surface area contributed by atoms with Crippen LogP contribution in [0, 0.1) is 0 Å². The molecule has 2 heterocycles. The Morgan fingerprint density at radius 3 is 2.64 bits per heavy atom. The Labute approximate surface area is 81.0 Å². The van der Waals surface area contributed by atoms with Crippen LogP contribution in [0.25, 0.3) is 0 Å². The minimum atomic E-state index is -0.240. The van der Waals surface area contributed by atoms with Crippen LogP contribution in [0.5, 0.6) is 0 Å². The number of hydrogen-bond donors (Lipinski definition) is 1. The van der Waals surface area contributed by atoms with Gasteiger partial charge in [-0.1, -0.05) is 0 Å². The van der Waals surface area contributed by atoms with E-state index in [0.29, 0.717) is 6.54 Å². The predicted molar refractivity (Wildman–Crippen MR) is 52.3 cm³/mol. The van der Waals surface area contributed by atoms with Crippen LogP contribution < -0.4 is 16.6 Å². The highest BCUT2D eigenvalue weighted by atomic mass is 16.2. The summed E-state index contributed by atoms with van der Waals surface area (Å²) in [6, 6.07) is 0. The number of fused-ring (bicyclic) bond motifs is 1. The summed E-state index contributed by atoms with van der Waals surface area (Å²) in [7, 11) is 3.23. The van der Waals surface area contributed by atoms with Crippen molar-refractivity contribution in [2.45, 2.75) is 13.0 Å². The minimum Gasteiger partial charge on any atom is -0.312 e. The van der Waals surface area contributed by atoms with Crippen LogP contribution in [-0.2, 0) is 27.1 Å². The van der Waals surface area contributed by atoms with Crippen LogP contribution in [0.2, 0.25) is 0 Å². The van der Waals surface area contributed by atoms with E-state index in [9.17, 15) is 9.59 Å². The van der Waals surface area contributed by atoms with E-state index in [2.05, 4.69) is 5.32 Å². The summed E-state index contributed by atoms with van der Waals surface area (Å²) in [5, 5.41) is 3.13. The highest BCUT2D eigenvalue weighted by molar-refractivity contribution is 5.20. The normalized spacial score (nSPS) is 15.3. The van der Waals surface area contributed by atoms with Gasteiger partial charge in [0.05, 0.1) is 5.56 Å². The van der Waals surface area contributed by atoms with Gasteiger partial charge >= 0.3 is 5.69 Å². The molecule has 1 aromatic heterocycles. The topological polar surface area (TPSA) is 56.0 Å². The summed E-state index contributed by atoms with van der Waals surface area (Å²) in [5.41, 5.74) is 1.18. The Balaban J connectivity index is 2.85. The quantitative estimate of drug-likeness (QED) is 0.561. The molecule has 0 spiro atoms. The Morgan fingerprint density at radius 1 is 1.21 bits per heavy atom. The first kappa shape index (κ1) is 9.21. The fourth-order valence-electron chi connectivity index (χ4n) is 1.87. The lowest BCUT2D eigenvalue weighted by atomic mass is 10.1. The van der Waals surface area contributed by atoms with Crippen molar-refractivity contribution in [3.05, 3.63) is 32.1 Å². The van der Waals surface area contributed by atoms with Gasteiger partial charge in [0.1, 0.15) is 0 Å². The molecular weight excluding hydrogens is 182 g/mol. The molecule has 0 amide bonds. The highest BCUT2D eigenvalue weighted by Crippen LogP contribution is 2.05. The van der Waals surface area contributed by atoms with Crippen molar-refractivity contribution in [2.24, 2.45) is 14.1 Å². The first-order valence-corrected chi connectivity index (χ1v) is 4.61. The SMILES string of the molecule is Cn1c2c(c(=O)n(C)c1=O)CNCC2. The predicted octanol–water partition coefficient (Wildman–Crippen LogP) is -1.27. The molecule has 14 heavy (non-hydrogen) atoms. The van der Waals surface area contributed by atoms with Gasteiger partial charge in [0, 0.05) is 39.3 Å². The van der Waals surface area contributed by atoms with E-state index in [1.54, 1.807) is 11.6 Å². The lowest BCUT2D eigenvalue weighted by Crippen LogP contribution is -2.44. The van der Waals surface area contributed by atoms with Crippen LogP contribution in [0.4, 0.5) is 0 Å². The maximum absolute atomic E-state index is 11.7. The Bertz CT molecular complexity index is 484. The van der Waals surface area contributed by atoms with Crippen molar-refractivity contribution in [2.75, 3.05) is 6.54 Å². The number of nitrogens with zero attached hydrogens (tertiary/aromatic N) is 2.